The van der Waals surface area contributed by atoms with E-state index in [0.29, 0.717) is 6.54 Å². The van der Waals surface area contributed by atoms with Gasteiger partial charge in [0, 0.05) is 12.6 Å². The van der Waals surface area contributed by atoms with Gasteiger partial charge in [-0.3, -0.25) is 14.5 Å². The second-order valence-electron chi connectivity index (χ2n) is 6.46. The van der Waals surface area contributed by atoms with E-state index in [9.17, 15) is 14.4 Å². The van der Waals surface area contributed by atoms with Crippen molar-refractivity contribution in [2.45, 2.75) is 38.1 Å². The summed E-state index contributed by atoms with van der Waals surface area (Å²) < 4.78 is 0. The Bertz CT molecular complexity index is 617. The highest BCUT2D eigenvalue weighted by atomic mass is 16.2. The van der Waals surface area contributed by atoms with Gasteiger partial charge in [0.15, 0.2) is 0 Å². The zero-order valence-corrected chi connectivity index (χ0v) is 13.7. The minimum absolute atomic E-state index is 0.0591. The predicted molar refractivity (Wildman–Crippen MR) is 89.1 cm³/mol. The first-order valence-corrected chi connectivity index (χ1v) is 8.57. The van der Waals surface area contributed by atoms with Crippen molar-refractivity contribution >= 4 is 17.8 Å². The van der Waals surface area contributed by atoms with E-state index < -0.39 is 6.03 Å². The Balaban J connectivity index is 1.50. The fourth-order valence-electron chi connectivity index (χ4n) is 3.48. The number of imide groups is 1. The molecule has 2 atom stereocenters. The summed E-state index contributed by atoms with van der Waals surface area (Å²) in [6.07, 6.45) is 4.39. The third kappa shape index (κ3) is 3.75. The number of nitrogens with zero attached hydrogens (tertiary/aromatic N) is 1. The first kappa shape index (κ1) is 16.5. The van der Waals surface area contributed by atoms with Crippen LogP contribution in [0.5, 0.6) is 0 Å². The van der Waals surface area contributed by atoms with Crippen LogP contribution in [0.2, 0.25) is 0 Å². The molecule has 0 aromatic heterocycles. The molecule has 24 heavy (non-hydrogen) atoms. The Morgan fingerprint density at radius 2 is 1.92 bits per heavy atom. The van der Waals surface area contributed by atoms with E-state index in [1.165, 1.54) is 0 Å². The number of urea groups is 1. The molecule has 1 aromatic carbocycles. The Morgan fingerprint density at radius 3 is 2.71 bits per heavy atom. The Hall–Kier alpha value is -2.37. The lowest BCUT2D eigenvalue weighted by atomic mass is 9.82. The SMILES string of the molecule is O=C(CN1C(=O)NC2CCCCC2C1=O)NCCc1ccccc1. The lowest BCUT2D eigenvalue weighted by Crippen LogP contribution is -2.62. The van der Waals surface area contributed by atoms with Crippen LogP contribution in [0.1, 0.15) is 31.2 Å². The van der Waals surface area contributed by atoms with E-state index in [0.717, 1.165) is 42.6 Å². The molecule has 6 nitrogen and oxygen atoms in total. The van der Waals surface area contributed by atoms with E-state index in [1.54, 1.807) is 0 Å². The highest BCUT2D eigenvalue weighted by Gasteiger charge is 2.42. The zero-order chi connectivity index (χ0) is 16.9. The quantitative estimate of drug-likeness (QED) is 0.858. The normalized spacial score (nSPS) is 23.4. The number of carbonyl (C=O) groups excluding carboxylic acids is 3. The smallest absolute Gasteiger partial charge is 0.324 e. The molecule has 1 saturated heterocycles. The topological polar surface area (TPSA) is 78.5 Å². The average molecular weight is 329 g/mol. The number of fused-ring (bicyclic) bond motifs is 1. The van der Waals surface area contributed by atoms with Crippen LogP contribution in [-0.2, 0) is 16.0 Å². The van der Waals surface area contributed by atoms with Crippen LogP contribution in [0.3, 0.4) is 0 Å². The zero-order valence-electron chi connectivity index (χ0n) is 13.7. The second kappa shape index (κ2) is 7.47. The number of rotatable bonds is 5. The summed E-state index contributed by atoms with van der Waals surface area (Å²) in [5.74, 6) is -0.682. The van der Waals surface area contributed by atoms with Crippen molar-refractivity contribution in [2.24, 2.45) is 5.92 Å². The molecule has 1 saturated carbocycles. The maximum atomic E-state index is 12.5. The van der Waals surface area contributed by atoms with Crippen molar-refractivity contribution < 1.29 is 14.4 Å². The van der Waals surface area contributed by atoms with Gasteiger partial charge in [-0.15, -0.1) is 0 Å². The van der Waals surface area contributed by atoms with Gasteiger partial charge in [-0.25, -0.2) is 4.79 Å². The number of benzene rings is 1. The summed E-state index contributed by atoms with van der Waals surface area (Å²) in [5.41, 5.74) is 1.13. The second-order valence-corrected chi connectivity index (χ2v) is 6.46. The Labute approximate surface area is 141 Å². The minimum Gasteiger partial charge on any atom is -0.354 e. The molecular weight excluding hydrogens is 306 g/mol. The summed E-state index contributed by atoms with van der Waals surface area (Å²) in [6.45, 7) is 0.279. The summed E-state index contributed by atoms with van der Waals surface area (Å²) in [7, 11) is 0. The largest absolute Gasteiger partial charge is 0.354 e. The lowest BCUT2D eigenvalue weighted by molar-refractivity contribution is -0.139. The highest BCUT2D eigenvalue weighted by molar-refractivity contribution is 6.01. The van der Waals surface area contributed by atoms with Crippen molar-refractivity contribution in [3.05, 3.63) is 35.9 Å². The Kier molecular flexibility index (Phi) is 5.13. The standard InChI is InChI=1S/C18H23N3O3/c22-16(19-11-10-13-6-2-1-3-7-13)12-21-17(23)14-8-4-5-9-15(14)20-18(21)24/h1-3,6-7,14-15H,4-5,8-12H2,(H,19,22)(H,20,24). The molecular formula is C18H23N3O3. The van der Waals surface area contributed by atoms with Gasteiger partial charge in [-0.1, -0.05) is 43.2 Å². The average Bonchev–Trinajstić information content (AvgIpc) is 2.59. The molecule has 6 heteroatoms. The van der Waals surface area contributed by atoms with E-state index >= 15 is 0 Å². The molecule has 2 unspecified atom stereocenters. The molecule has 2 fully saturated rings. The van der Waals surface area contributed by atoms with Crippen molar-refractivity contribution in [1.82, 2.24) is 15.5 Å². The third-order valence-corrected chi connectivity index (χ3v) is 4.78. The molecule has 4 amide bonds. The van der Waals surface area contributed by atoms with Gasteiger partial charge in [0.25, 0.3) is 0 Å². The molecule has 0 bridgehead atoms. The van der Waals surface area contributed by atoms with Gasteiger partial charge >= 0.3 is 6.03 Å². The maximum Gasteiger partial charge on any atom is 0.324 e. The number of carbonyl (C=O) groups is 3. The molecule has 2 N–H and O–H groups in total. The van der Waals surface area contributed by atoms with Crippen LogP contribution in [0, 0.1) is 5.92 Å². The fraction of sp³-hybridized carbons (Fsp3) is 0.500. The van der Waals surface area contributed by atoms with Gasteiger partial charge < -0.3 is 10.6 Å². The molecule has 2 aliphatic rings. The Morgan fingerprint density at radius 1 is 1.17 bits per heavy atom. The van der Waals surface area contributed by atoms with Crippen molar-refractivity contribution in [2.75, 3.05) is 13.1 Å². The van der Waals surface area contributed by atoms with Crippen molar-refractivity contribution in [1.29, 1.82) is 0 Å². The molecule has 0 spiro atoms. The van der Waals surface area contributed by atoms with Gasteiger partial charge in [0.2, 0.25) is 11.8 Å². The summed E-state index contributed by atoms with van der Waals surface area (Å²) in [6, 6.07) is 9.34. The lowest BCUT2D eigenvalue weighted by Gasteiger charge is -2.39. The third-order valence-electron chi connectivity index (χ3n) is 4.78. The molecule has 1 aliphatic carbocycles. The van der Waals surface area contributed by atoms with E-state index in [1.807, 2.05) is 30.3 Å². The molecule has 1 aliphatic heterocycles. The van der Waals surface area contributed by atoms with Crippen LogP contribution in [0.25, 0.3) is 0 Å². The summed E-state index contributed by atoms with van der Waals surface area (Å²) >= 11 is 0. The number of amides is 4. The fourth-order valence-corrected chi connectivity index (χ4v) is 3.48. The number of hydrogen-bond donors (Lipinski definition) is 2. The van der Waals surface area contributed by atoms with E-state index in [4.69, 9.17) is 0 Å². The van der Waals surface area contributed by atoms with Crippen molar-refractivity contribution in [3.8, 4) is 0 Å². The molecule has 1 heterocycles. The van der Waals surface area contributed by atoms with E-state index in [2.05, 4.69) is 10.6 Å². The number of nitrogens with one attached hydrogen (secondary N) is 2. The van der Waals surface area contributed by atoms with Crippen LogP contribution < -0.4 is 10.6 Å². The van der Waals surface area contributed by atoms with Crippen molar-refractivity contribution in [3.63, 3.8) is 0 Å². The molecule has 128 valence electrons. The monoisotopic (exact) mass is 329 g/mol. The maximum absolute atomic E-state index is 12.5. The summed E-state index contributed by atoms with van der Waals surface area (Å²) in [4.78, 5) is 37.7. The van der Waals surface area contributed by atoms with Crippen LogP contribution in [0.4, 0.5) is 4.79 Å². The molecule has 1 aromatic rings. The predicted octanol–water partition coefficient (Wildman–Crippen LogP) is 1.46. The van der Waals surface area contributed by atoms with Gasteiger partial charge in [0.05, 0.1) is 5.92 Å². The molecule has 0 radical (unpaired) electrons. The van der Waals surface area contributed by atoms with Crippen LogP contribution in [0.15, 0.2) is 30.3 Å². The van der Waals surface area contributed by atoms with Gasteiger partial charge in [-0.2, -0.15) is 0 Å². The first-order chi connectivity index (χ1) is 11.6. The molecule has 3 rings (SSSR count). The highest BCUT2D eigenvalue weighted by Crippen LogP contribution is 2.29. The minimum atomic E-state index is -0.443. The first-order valence-electron chi connectivity index (χ1n) is 8.57. The van der Waals surface area contributed by atoms with E-state index in [-0.39, 0.29) is 30.3 Å². The van der Waals surface area contributed by atoms with Gasteiger partial charge in [-0.05, 0) is 24.8 Å². The van der Waals surface area contributed by atoms with Gasteiger partial charge in [0.1, 0.15) is 6.54 Å². The van der Waals surface area contributed by atoms with Crippen LogP contribution >= 0.6 is 0 Å². The number of hydrogen-bond acceptors (Lipinski definition) is 3. The van der Waals surface area contributed by atoms with Crippen LogP contribution in [-0.4, -0.2) is 41.9 Å². The summed E-state index contributed by atoms with van der Waals surface area (Å²) in [5, 5.41) is 5.65.